The van der Waals surface area contributed by atoms with Crippen LogP contribution in [0, 0.1) is 72.0 Å². The molecule has 5 aliphatic carbocycles. The summed E-state index contributed by atoms with van der Waals surface area (Å²) in [6.07, 6.45) is 29.4. The van der Waals surface area contributed by atoms with Gasteiger partial charge >= 0.3 is 60.4 Å². The van der Waals surface area contributed by atoms with Gasteiger partial charge in [-0.3, -0.25) is 44.2 Å². The van der Waals surface area contributed by atoms with Crippen molar-refractivity contribution in [3.05, 3.63) is 37.9 Å². The van der Waals surface area contributed by atoms with Crippen LogP contribution in [0.4, 0.5) is 0 Å². The first kappa shape index (κ1) is 95.9. The smallest absolute Gasteiger partial charge is 1.00 e. The van der Waals surface area contributed by atoms with Crippen LogP contribution in [0.2, 0.25) is 0 Å². The number of nitro groups is 2. The van der Waals surface area contributed by atoms with Gasteiger partial charge < -0.3 is 87.5 Å². The van der Waals surface area contributed by atoms with Gasteiger partial charge in [0.05, 0.1) is 69.4 Å². The summed E-state index contributed by atoms with van der Waals surface area (Å²) in [4.78, 5) is 127. The van der Waals surface area contributed by atoms with Crippen molar-refractivity contribution in [3.63, 3.8) is 0 Å². The standard InChI is InChI=1S/C14H21NO6.C14H23NO4.C13H21NO3.C13H19NO3.C8H11NO5.C6H9O.C5H8O2.2ClH.Li.Pt/c1-20-13(17)12(15(18)19)14(6-8-21-9-7-14)10-4-2-3-5-11(10)16;1-18-13(17)12(15)14(6-8-19-9-7-14)10-4-2-3-5-11(10)16;2*15-12(16)11-13(5-7-17-8-6-13)9-3-1-2-4-10(9)14-11;1-13-8(10)7(9(11)12)6-2-4-14-5-3-6;7-6-4-2-1-3-5-6;6-5-1-3-7-4-2-5;;;;/h10,12H,2-9H2,1H3;10,12H,2-9,15H2,1H3;9-11,14H,1-8H2,(H,15,16);9,11H,1-8H2,(H,15,16);2-5H2,1H3;4H,1-3,5H2;1-4H2;2*1H;;/q;;;;;-1;;;;+1;. The van der Waals surface area contributed by atoms with Crippen LogP contribution in [-0.2, 0) is 107 Å². The first-order chi connectivity index (χ1) is 49.1. The molecule has 0 radical (unpaired) electrons. The molecule has 0 amide bonds. The first-order valence-corrected chi connectivity index (χ1v) is 37.3. The molecular weight excluding hydrogens is 1600 g/mol. The fraction of sp³-hybridized carbons (Fsp3) is 0.822. The Morgan fingerprint density at radius 3 is 1.42 bits per heavy atom. The third-order valence-corrected chi connectivity index (χ3v) is 23.9. The number of hydrogen-bond acceptors (Lipinski definition) is 24. The Balaban J connectivity index is 0.000000327. The number of nitrogens with two attached hydrogens (primary N) is 1. The number of hydrogen-bond donors (Lipinski definition) is 5. The molecule has 0 aromatic rings. The molecular formula is C73H114Cl2LiN5O24Pt. The molecule has 5 saturated carbocycles. The molecule has 2 spiro atoms. The third kappa shape index (κ3) is 24.8. The van der Waals surface area contributed by atoms with E-state index in [2.05, 4.69) is 19.8 Å². The van der Waals surface area contributed by atoms with Gasteiger partial charge in [-0.1, -0.05) is 44.9 Å². The summed E-state index contributed by atoms with van der Waals surface area (Å²) in [6, 6.07) is -2.51. The minimum Gasteiger partial charge on any atom is -1.00 e. The zero-order valence-corrected chi connectivity index (χ0v) is 66.2. The maximum atomic E-state index is 12.3. The van der Waals surface area contributed by atoms with Gasteiger partial charge in [-0.25, -0.2) is 19.4 Å². The zero-order valence-electron chi connectivity index (χ0n) is 62.3. The van der Waals surface area contributed by atoms with Crippen molar-refractivity contribution in [3.8, 4) is 0 Å². The van der Waals surface area contributed by atoms with Crippen molar-refractivity contribution in [2.45, 2.75) is 236 Å². The van der Waals surface area contributed by atoms with Gasteiger partial charge in [0, 0.05) is 145 Å². The van der Waals surface area contributed by atoms with Gasteiger partial charge in [0.25, 0.3) is 6.04 Å². The molecule has 29 nitrogen and oxygen atoms in total. The Bertz CT molecular complexity index is 2880. The molecule has 8 heterocycles. The SMILES string of the molecule is COC(=O)C(=C1CCOCC1)[N+](=O)[O-].COC(=O)C(N)C1(C2CCCCC2=O)CCOCC1.COC(=O)C([N+](=O)[O-])C1(C2CCCCC2=O)CCOCC1.Cl.O=C(O)C1NC2CCCCC2C12CCOCC2.O=C(O)C1[NH+]=C2CCCCC2C12CCOCC2.O=C1CCOCC1.O=C1[CH-]CCCC1.[Cl-].[Li+].[Pt]. The molecule has 13 rings (SSSR count). The Labute approximate surface area is 660 Å². The summed E-state index contributed by atoms with van der Waals surface area (Å²) in [7, 11) is 3.62. The number of ether oxygens (including phenoxy) is 9. The number of methoxy groups -OCH3 is 3. The molecule has 7 saturated heterocycles. The largest absolute Gasteiger partial charge is 1.00 e. The van der Waals surface area contributed by atoms with E-state index in [9.17, 15) is 73.6 Å². The van der Waals surface area contributed by atoms with E-state index in [0.29, 0.717) is 159 Å². The number of carboxylic acid groups (broad SMARTS) is 2. The van der Waals surface area contributed by atoms with Crippen molar-refractivity contribution in [1.82, 2.24) is 5.32 Å². The Hall–Kier alpha value is -4.34. The normalized spacial score (nSPS) is 27.6. The second-order valence-electron chi connectivity index (χ2n) is 29.2. The predicted molar refractivity (Wildman–Crippen MR) is 372 cm³/mol. The average Bonchev–Trinajstić information content (AvgIpc) is 1.64. The summed E-state index contributed by atoms with van der Waals surface area (Å²) in [5.41, 5.74) is 5.99. The quantitative estimate of drug-likeness (QED) is 0.0355. The molecule has 12 fully saturated rings. The van der Waals surface area contributed by atoms with E-state index in [1.807, 2.05) is 0 Å². The number of nitrogens with zero attached hydrogens (tertiary/aromatic N) is 2. The Morgan fingerprint density at radius 1 is 0.557 bits per heavy atom. The van der Waals surface area contributed by atoms with Crippen molar-refractivity contribution in [2.75, 3.05) is 101 Å². The van der Waals surface area contributed by atoms with Crippen LogP contribution in [-0.4, -0.2) is 210 Å². The van der Waals surface area contributed by atoms with Gasteiger partial charge in [-0.2, -0.15) is 6.42 Å². The van der Waals surface area contributed by atoms with Crippen LogP contribution in [0.15, 0.2) is 11.3 Å². The van der Waals surface area contributed by atoms with Crippen LogP contribution in [0.3, 0.4) is 0 Å². The minimum atomic E-state index is -1.49. The summed E-state index contributed by atoms with van der Waals surface area (Å²) in [5, 5.41) is 44.4. The molecule has 600 valence electrons. The average molecular weight is 1720 g/mol. The maximum Gasteiger partial charge on any atom is 1.00 e. The van der Waals surface area contributed by atoms with Crippen LogP contribution in [0.1, 0.15) is 205 Å². The summed E-state index contributed by atoms with van der Waals surface area (Å²) in [5.74, 6) is -2.06. The second kappa shape index (κ2) is 47.8. The fourth-order valence-corrected chi connectivity index (χ4v) is 18.5. The minimum absolute atomic E-state index is 0. The first-order valence-electron chi connectivity index (χ1n) is 37.3. The fourth-order valence-electron chi connectivity index (χ4n) is 18.5. The van der Waals surface area contributed by atoms with Gasteiger partial charge in [0.15, 0.2) is 5.71 Å². The monoisotopic (exact) mass is 1720 g/mol. The van der Waals surface area contributed by atoms with Gasteiger partial charge in [0.2, 0.25) is 0 Å². The number of carboxylic acids is 2. The molecule has 33 heteroatoms. The molecule has 106 heavy (non-hydrogen) atoms. The summed E-state index contributed by atoms with van der Waals surface area (Å²) in [6.45, 7) is 6.82. The summed E-state index contributed by atoms with van der Waals surface area (Å²) < 4.78 is 45.3. The maximum absolute atomic E-state index is 12.3. The van der Waals surface area contributed by atoms with E-state index in [0.717, 1.165) is 137 Å². The predicted octanol–water partition coefficient (Wildman–Crippen LogP) is 0.391. The topological polar surface area (TPSA) is 415 Å². The number of carbonyl (C=O) groups is 9. The zero-order chi connectivity index (χ0) is 73.9. The summed E-state index contributed by atoms with van der Waals surface area (Å²) >= 11 is 0. The van der Waals surface area contributed by atoms with Crippen molar-refractivity contribution >= 4 is 71.1 Å². The number of Topliss-reactive ketones (excluding diaryl/α,β-unsaturated/α-hetero) is 4. The third-order valence-electron chi connectivity index (χ3n) is 23.9. The van der Waals surface area contributed by atoms with E-state index >= 15 is 0 Å². The van der Waals surface area contributed by atoms with E-state index in [1.165, 1.54) is 51.3 Å². The number of halogens is 2. The van der Waals surface area contributed by atoms with Gasteiger partial charge in [0.1, 0.15) is 29.4 Å². The van der Waals surface area contributed by atoms with Gasteiger partial charge in [-0.05, 0) is 134 Å². The molecule has 8 aliphatic heterocycles. The van der Waals surface area contributed by atoms with Crippen LogP contribution in [0.25, 0.3) is 0 Å². The van der Waals surface area contributed by atoms with Gasteiger partial charge in [-0.15, -0.1) is 12.4 Å². The van der Waals surface area contributed by atoms with Crippen molar-refractivity contribution < 1.29 is 163 Å². The van der Waals surface area contributed by atoms with E-state index < -0.39 is 74.2 Å². The van der Waals surface area contributed by atoms with Crippen LogP contribution >= 0.6 is 12.4 Å². The number of esters is 3. The second-order valence-corrected chi connectivity index (χ2v) is 29.2. The Morgan fingerprint density at radius 2 is 1.00 bits per heavy atom. The molecule has 9 unspecified atom stereocenters. The molecule has 6 N–H and O–H groups in total. The van der Waals surface area contributed by atoms with E-state index in [1.54, 1.807) is 6.42 Å². The number of carbonyl (C=O) groups excluding carboxylic acids is 7. The number of nitrogens with one attached hydrogen (secondary N) is 2. The van der Waals surface area contributed by atoms with E-state index in [4.69, 9.17) is 38.9 Å². The number of ketones is 4. The molecule has 9 atom stereocenters. The molecule has 13 aliphatic rings. The van der Waals surface area contributed by atoms with Crippen molar-refractivity contribution in [2.24, 2.45) is 51.1 Å². The number of rotatable bonds is 11. The van der Waals surface area contributed by atoms with Crippen molar-refractivity contribution in [1.29, 1.82) is 0 Å². The Kier molecular flexibility index (Phi) is 43.2. The molecule has 0 bridgehead atoms. The molecule has 0 aromatic heterocycles. The van der Waals surface area contributed by atoms with Crippen LogP contribution in [0.5, 0.6) is 0 Å². The number of fused-ring (bicyclic) bond motifs is 4. The molecule has 0 aromatic carbocycles. The number of aliphatic carboxylic acids is 2. The van der Waals surface area contributed by atoms with E-state index in [-0.39, 0.29) is 105 Å². The van der Waals surface area contributed by atoms with Crippen LogP contribution < -0.4 is 47.3 Å².